The van der Waals surface area contributed by atoms with Crippen LogP contribution in [0.2, 0.25) is 0 Å². The van der Waals surface area contributed by atoms with E-state index in [4.69, 9.17) is 0 Å². The number of Topliss-reactive ketones (excluding diaryl/α,β-unsaturated/α-hetero) is 1. The summed E-state index contributed by atoms with van der Waals surface area (Å²) >= 11 is 8.41. The minimum absolute atomic E-state index is 0.0232. The largest absolute Gasteiger partial charge is 0.288 e. The Bertz CT molecular complexity index is 2480. The molecule has 6 aromatic rings. The maximum atomic E-state index is 15.0. The molecule has 1 aliphatic carbocycles. The van der Waals surface area contributed by atoms with E-state index in [1.165, 1.54) is 37.2 Å². The molecule has 1 aromatic carbocycles. The van der Waals surface area contributed by atoms with Crippen LogP contribution in [0.25, 0.3) is 41.1 Å². The molecule has 246 valence electrons. The predicted molar refractivity (Wildman–Crippen MR) is 208 cm³/mol. The fourth-order valence-corrected chi connectivity index (χ4v) is 12.5. The van der Waals surface area contributed by atoms with Gasteiger partial charge in [-0.05, 0) is 73.6 Å². The second kappa shape index (κ2) is 11.4. The summed E-state index contributed by atoms with van der Waals surface area (Å²) in [6.45, 7) is 19.3. The molecule has 0 spiro atoms. The quantitative estimate of drug-likeness (QED) is 0.166. The SMILES string of the molecule is Cc1cc2c(s1)c1c(c3sc(C)cc32)=C(c2ccc(C(C)(C)C)s2)C(=O)C=1c1ccc(-c2sc(C(C)(C)C)c(C)c2C(=O)N(C)C=O)s1. The van der Waals surface area contributed by atoms with Gasteiger partial charge in [-0.1, -0.05) is 41.5 Å². The van der Waals surface area contributed by atoms with Gasteiger partial charge in [-0.15, -0.1) is 56.7 Å². The van der Waals surface area contributed by atoms with Crippen LogP contribution in [0.1, 0.15) is 86.7 Å². The number of nitrogens with zero attached hydrogens (tertiary/aromatic N) is 1. The van der Waals surface area contributed by atoms with Crippen LogP contribution >= 0.6 is 56.7 Å². The molecule has 9 heteroatoms. The fourth-order valence-electron chi connectivity index (χ4n) is 6.68. The molecule has 0 fully saturated rings. The Morgan fingerprint density at radius 3 is 1.73 bits per heavy atom. The third kappa shape index (κ3) is 5.12. The van der Waals surface area contributed by atoms with Crippen molar-refractivity contribution in [1.82, 2.24) is 4.90 Å². The molecule has 0 saturated heterocycles. The number of thiophene rings is 5. The highest BCUT2D eigenvalue weighted by Crippen LogP contribution is 2.46. The third-order valence-electron chi connectivity index (χ3n) is 8.85. The van der Waals surface area contributed by atoms with Gasteiger partial charge in [-0.3, -0.25) is 19.3 Å². The van der Waals surface area contributed by atoms with Gasteiger partial charge in [0.1, 0.15) is 0 Å². The van der Waals surface area contributed by atoms with Gasteiger partial charge in [0, 0.05) is 82.9 Å². The number of benzene rings is 1. The maximum Gasteiger partial charge on any atom is 0.261 e. The molecule has 1 aliphatic rings. The molecule has 0 saturated carbocycles. The minimum Gasteiger partial charge on any atom is -0.288 e. The summed E-state index contributed by atoms with van der Waals surface area (Å²) in [5.74, 6) is -0.260. The lowest BCUT2D eigenvalue weighted by Gasteiger charge is -2.18. The van der Waals surface area contributed by atoms with Crippen LogP contribution in [-0.2, 0) is 20.4 Å². The maximum absolute atomic E-state index is 15.0. The number of carbonyl (C=O) groups excluding carboxylic acids is 3. The Hall–Kier alpha value is -3.21. The van der Waals surface area contributed by atoms with Crippen molar-refractivity contribution < 1.29 is 14.4 Å². The first-order chi connectivity index (χ1) is 22.5. The Balaban J connectivity index is 1.55. The van der Waals surface area contributed by atoms with Crippen molar-refractivity contribution in [3.8, 4) is 9.75 Å². The fraction of sp³-hybridized carbons (Fsp3) is 0.308. The van der Waals surface area contributed by atoms with Crippen molar-refractivity contribution in [3.63, 3.8) is 0 Å². The van der Waals surface area contributed by atoms with Gasteiger partial charge in [0.05, 0.1) is 10.4 Å². The summed E-state index contributed by atoms with van der Waals surface area (Å²) in [5, 5.41) is 4.51. The lowest BCUT2D eigenvalue weighted by molar-refractivity contribution is -0.115. The molecule has 48 heavy (non-hydrogen) atoms. The van der Waals surface area contributed by atoms with E-state index in [0.29, 0.717) is 12.0 Å². The lowest BCUT2D eigenvalue weighted by atomic mass is 9.90. The summed E-state index contributed by atoms with van der Waals surface area (Å²) in [5.41, 5.74) is 2.79. The normalized spacial score (nSPS) is 13.8. The molecule has 0 atom stereocenters. The summed E-state index contributed by atoms with van der Waals surface area (Å²) in [6, 6.07) is 12.9. The molecule has 0 unspecified atom stereocenters. The summed E-state index contributed by atoms with van der Waals surface area (Å²) < 4.78 is 2.32. The Kier molecular flexibility index (Phi) is 7.92. The van der Waals surface area contributed by atoms with Crippen molar-refractivity contribution in [3.05, 3.63) is 87.2 Å². The van der Waals surface area contributed by atoms with E-state index in [2.05, 4.69) is 85.7 Å². The van der Waals surface area contributed by atoms with Crippen LogP contribution in [-0.4, -0.2) is 30.0 Å². The second-order valence-electron chi connectivity index (χ2n) is 14.6. The number of amides is 2. The first kappa shape index (κ1) is 33.3. The molecular formula is C39H37NO3S5. The molecule has 7 rings (SSSR count). The van der Waals surface area contributed by atoms with Gasteiger partial charge < -0.3 is 0 Å². The number of ketones is 1. The zero-order valence-electron chi connectivity index (χ0n) is 28.8. The van der Waals surface area contributed by atoms with E-state index in [-0.39, 0.29) is 22.5 Å². The Labute approximate surface area is 300 Å². The van der Waals surface area contributed by atoms with Crippen molar-refractivity contribution in [2.24, 2.45) is 0 Å². The monoisotopic (exact) mass is 727 g/mol. The zero-order valence-corrected chi connectivity index (χ0v) is 32.8. The smallest absolute Gasteiger partial charge is 0.261 e. The minimum atomic E-state index is -0.316. The molecule has 0 bridgehead atoms. The molecule has 0 N–H and O–H groups in total. The average Bonchev–Trinajstić information content (AvgIpc) is 3.82. The van der Waals surface area contributed by atoms with E-state index in [9.17, 15) is 9.59 Å². The van der Waals surface area contributed by atoms with Crippen molar-refractivity contribution in [1.29, 1.82) is 0 Å². The number of fused-ring (bicyclic) bond motifs is 6. The van der Waals surface area contributed by atoms with E-state index in [0.717, 1.165) is 61.1 Å². The van der Waals surface area contributed by atoms with Gasteiger partial charge in [0.15, 0.2) is 5.78 Å². The first-order valence-corrected chi connectivity index (χ1v) is 19.9. The molecule has 0 radical (unpaired) electrons. The average molecular weight is 728 g/mol. The number of rotatable bonds is 5. The van der Waals surface area contributed by atoms with Gasteiger partial charge in [0.25, 0.3) is 5.91 Å². The Morgan fingerprint density at radius 2 is 1.23 bits per heavy atom. The highest BCUT2D eigenvalue weighted by Gasteiger charge is 2.34. The Morgan fingerprint density at radius 1 is 0.708 bits per heavy atom. The van der Waals surface area contributed by atoms with Crippen LogP contribution in [0.3, 0.4) is 0 Å². The molecule has 5 heterocycles. The van der Waals surface area contributed by atoms with Crippen LogP contribution in [0.4, 0.5) is 0 Å². The van der Waals surface area contributed by atoms with E-state index in [1.54, 1.807) is 56.7 Å². The van der Waals surface area contributed by atoms with E-state index in [1.807, 2.05) is 13.0 Å². The van der Waals surface area contributed by atoms with Gasteiger partial charge in [-0.25, -0.2) is 0 Å². The highest BCUT2D eigenvalue weighted by atomic mass is 32.1. The van der Waals surface area contributed by atoms with Crippen LogP contribution in [0.15, 0.2) is 36.4 Å². The van der Waals surface area contributed by atoms with Crippen LogP contribution in [0.5, 0.6) is 0 Å². The van der Waals surface area contributed by atoms with Gasteiger partial charge in [-0.2, -0.15) is 0 Å². The first-order valence-electron chi connectivity index (χ1n) is 15.8. The summed E-state index contributed by atoms with van der Waals surface area (Å²) in [7, 11) is 1.51. The number of imide groups is 1. The van der Waals surface area contributed by atoms with E-state index < -0.39 is 0 Å². The van der Waals surface area contributed by atoms with Gasteiger partial charge in [0.2, 0.25) is 6.41 Å². The predicted octanol–water partition coefficient (Wildman–Crippen LogP) is 9.70. The van der Waals surface area contributed by atoms with Crippen molar-refractivity contribution in [2.45, 2.75) is 73.1 Å². The van der Waals surface area contributed by atoms with E-state index >= 15 is 4.79 Å². The highest BCUT2D eigenvalue weighted by molar-refractivity contribution is 7.24. The van der Waals surface area contributed by atoms with Crippen LogP contribution < -0.4 is 10.4 Å². The lowest BCUT2D eigenvalue weighted by Crippen LogP contribution is -2.26. The summed E-state index contributed by atoms with van der Waals surface area (Å²) in [4.78, 5) is 49.9. The number of hydrogen-bond acceptors (Lipinski definition) is 8. The topological polar surface area (TPSA) is 54.5 Å². The van der Waals surface area contributed by atoms with Crippen molar-refractivity contribution in [2.75, 3.05) is 7.05 Å². The summed E-state index contributed by atoms with van der Waals surface area (Å²) in [6.07, 6.45) is 0.568. The van der Waals surface area contributed by atoms with Crippen molar-refractivity contribution >= 4 is 106 Å². The second-order valence-corrected chi connectivity index (χ2v) is 20.3. The number of aryl methyl sites for hydroxylation is 2. The molecule has 2 amide bonds. The zero-order chi connectivity index (χ0) is 34.6. The molecule has 0 aliphatic heterocycles. The molecule has 5 aromatic heterocycles. The number of hydrogen-bond donors (Lipinski definition) is 0. The number of carbonyl (C=O) groups is 3. The molecule has 4 nitrogen and oxygen atoms in total. The van der Waals surface area contributed by atoms with Crippen LogP contribution in [0, 0.1) is 20.8 Å². The third-order valence-corrected chi connectivity index (χ3v) is 15.5. The molecular weight excluding hydrogens is 691 g/mol. The van der Waals surface area contributed by atoms with Gasteiger partial charge >= 0.3 is 0 Å². The standard InChI is InChI=1S/C39H37NO3S5/c1-18-15-21-22-16-19(2)45-34(22)31-29(24-13-14-26(47-24)38(4,5)6)32(42)28(30(31)33(21)44-18)23-11-12-25(46-23)35-27(37(43)40(10)17-41)20(3)36(48-35)39(7,8)9/h11-17H,1-10H3.